The topological polar surface area (TPSA) is 60.5 Å². The number of hydrogen-bond acceptors (Lipinski definition) is 6. The predicted octanol–water partition coefficient (Wildman–Crippen LogP) is 3.85. The van der Waals surface area contributed by atoms with Gasteiger partial charge in [-0.15, -0.1) is 0 Å². The van der Waals surface area contributed by atoms with Crippen molar-refractivity contribution < 1.29 is 23.7 Å². The number of benzene rings is 2. The molecule has 1 fully saturated rings. The Bertz CT molecular complexity index is 995. The number of aryl methyl sites for hydroxylation is 1. The molecule has 0 bridgehead atoms. The van der Waals surface area contributed by atoms with Crippen molar-refractivity contribution in [3.8, 4) is 17.2 Å². The Balaban J connectivity index is 1.51. The molecule has 0 aromatic heterocycles. The van der Waals surface area contributed by atoms with Gasteiger partial charge in [-0.2, -0.15) is 0 Å². The SMILES string of the molecule is CCOc1cccc2c1OCCOCCN(C(=O)Cc1ccc(OC)c(C)c1)C[C@@H]1CCCN1C2. The Hall–Kier alpha value is -2.77. The number of carbonyl (C=O) groups excluding carboxylic acids is 1. The number of methoxy groups -OCH3 is 1. The first kappa shape index (κ1) is 25.3. The third kappa shape index (κ3) is 6.47. The summed E-state index contributed by atoms with van der Waals surface area (Å²) in [6.45, 7) is 9.06. The van der Waals surface area contributed by atoms with Crippen LogP contribution in [-0.4, -0.2) is 74.9 Å². The maximum absolute atomic E-state index is 13.4. The lowest BCUT2D eigenvalue weighted by Crippen LogP contribution is -2.44. The molecule has 1 saturated heterocycles. The molecule has 0 spiro atoms. The fourth-order valence-electron chi connectivity index (χ4n) is 5.04. The first-order chi connectivity index (χ1) is 17.1. The average Bonchev–Trinajstić information content (AvgIpc) is 3.28. The molecule has 2 aromatic carbocycles. The van der Waals surface area contributed by atoms with Gasteiger partial charge in [-0.05, 0) is 56.5 Å². The van der Waals surface area contributed by atoms with E-state index in [0.717, 1.165) is 59.9 Å². The van der Waals surface area contributed by atoms with Crippen molar-refractivity contribution in [2.75, 3.05) is 53.2 Å². The van der Waals surface area contributed by atoms with E-state index in [1.807, 2.05) is 49.1 Å². The van der Waals surface area contributed by atoms with Crippen LogP contribution in [0, 0.1) is 6.92 Å². The molecular weight excluding hydrogens is 444 g/mol. The average molecular weight is 483 g/mol. The molecule has 2 aliphatic rings. The minimum atomic E-state index is 0.134. The summed E-state index contributed by atoms with van der Waals surface area (Å²) in [4.78, 5) is 17.9. The standard InChI is InChI=1S/C28H38N2O5/c1-4-34-26-9-5-7-23-19-29-12-6-8-24(29)20-30(13-14-33-15-16-35-28(23)26)27(31)18-22-10-11-25(32-3)21(2)17-22/h5,7,9-11,17,24H,4,6,8,12-16,18-20H2,1-3H3/t24-/m0/s1. The molecule has 1 atom stereocenters. The van der Waals surface area contributed by atoms with E-state index in [1.54, 1.807) is 7.11 Å². The van der Waals surface area contributed by atoms with Gasteiger partial charge in [-0.25, -0.2) is 0 Å². The van der Waals surface area contributed by atoms with Crippen molar-refractivity contribution >= 4 is 5.91 Å². The van der Waals surface area contributed by atoms with Crippen LogP contribution in [0.4, 0.5) is 0 Å². The third-order valence-electron chi connectivity index (χ3n) is 6.81. The highest BCUT2D eigenvalue weighted by atomic mass is 16.5. The maximum atomic E-state index is 13.4. The van der Waals surface area contributed by atoms with Crippen molar-refractivity contribution in [2.24, 2.45) is 0 Å². The van der Waals surface area contributed by atoms with Gasteiger partial charge in [0, 0.05) is 31.2 Å². The molecule has 2 aliphatic heterocycles. The first-order valence-corrected chi connectivity index (χ1v) is 12.7. The number of hydrogen-bond donors (Lipinski definition) is 0. The van der Waals surface area contributed by atoms with Gasteiger partial charge in [0.2, 0.25) is 5.91 Å². The minimum Gasteiger partial charge on any atom is -0.496 e. The van der Waals surface area contributed by atoms with Gasteiger partial charge in [0.1, 0.15) is 12.4 Å². The summed E-state index contributed by atoms with van der Waals surface area (Å²) < 4.78 is 23.2. The van der Waals surface area contributed by atoms with E-state index in [9.17, 15) is 4.79 Å². The largest absolute Gasteiger partial charge is 0.496 e. The second-order valence-electron chi connectivity index (χ2n) is 9.23. The molecule has 1 amide bonds. The second-order valence-corrected chi connectivity index (χ2v) is 9.23. The first-order valence-electron chi connectivity index (χ1n) is 12.7. The van der Waals surface area contributed by atoms with Gasteiger partial charge < -0.3 is 23.8 Å². The molecule has 2 heterocycles. The molecule has 35 heavy (non-hydrogen) atoms. The van der Waals surface area contributed by atoms with Crippen LogP contribution in [0.1, 0.15) is 36.5 Å². The predicted molar refractivity (Wildman–Crippen MR) is 135 cm³/mol. The molecule has 190 valence electrons. The Morgan fingerprint density at radius 3 is 2.80 bits per heavy atom. The molecule has 0 saturated carbocycles. The fourth-order valence-corrected chi connectivity index (χ4v) is 5.04. The monoisotopic (exact) mass is 482 g/mol. The number of fused-ring (bicyclic) bond motifs is 2. The quantitative estimate of drug-likeness (QED) is 0.645. The van der Waals surface area contributed by atoms with Crippen molar-refractivity contribution in [3.63, 3.8) is 0 Å². The van der Waals surface area contributed by atoms with Crippen LogP contribution < -0.4 is 14.2 Å². The zero-order valence-electron chi connectivity index (χ0n) is 21.3. The number of nitrogens with zero attached hydrogens (tertiary/aromatic N) is 2. The van der Waals surface area contributed by atoms with Crippen LogP contribution in [0.5, 0.6) is 17.2 Å². The smallest absolute Gasteiger partial charge is 0.227 e. The molecule has 0 radical (unpaired) electrons. The molecule has 7 heteroatoms. The minimum absolute atomic E-state index is 0.134. The van der Waals surface area contributed by atoms with Crippen LogP contribution in [0.25, 0.3) is 0 Å². The Kier molecular flexibility index (Phi) is 8.88. The van der Waals surface area contributed by atoms with E-state index >= 15 is 0 Å². The van der Waals surface area contributed by atoms with Crippen LogP contribution in [0.15, 0.2) is 36.4 Å². The summed E-state index contributed by atoms with van der Waals surface area (Å²) >= 11 is 0. The van der Waals surface area contributed by atoms with Crippen molar-refractivity contribution in [2.45, 2.75) is 45.7 Å². The maximum Gasteiger partial charge on any atom is 0.227 e. The van der Waals surface area contributed by atoms with Crippen LogP contribution in [0.3, 0.4) is 0 Å². The summed E-state index contributed by atoms with van der Waals surface area (Å²) in [7, 11) is 1.67. The van der Waals surface area contributed by atoms with E-state index in [4.69, 9.17) is 18.9 Å². The van der Waals surface area contributed by atoms with Crippen LogP contribution in [0.2, 0.25) is 0 Å². The summed E-state index contributed by atoms with van der Waals surface area (Å²) in [5.41, 5.74) is 3.16. The second kappa shape index (κ2) is 12.3. The van der Waals surface area contributed by atoms with E-state index < -0.39 is 0 Å². The number of rotatable bonds is 5. The summed E-state index contributed by atoms with van der Waals surface area (Å²) in [5, 5.41) is 0. The number of carbonyl (C=O) groups is 1. The fraction of sp³-hybridized carbons (Fsp3) is 0.536. The van der Waals surface area contributed by atoms with Crippen molar-refractivity contribution in [3.05, 3.63) is 53.1 Å². The van der Waals surface area contributed by atoms with Crippen LogP contribution in [-0.2, 0) is 22.5 Å². The number of amides is 1. The lowest BCUT2D eigenvalue weighted by atomic mass is 10.1. The lowest BCUT2D eigenvalue weighted by Gasteiger charge is -2.31. The van der Waals surface area contributed by atoms with Crippen LogP contribution >= 0.6 is 0 Å². The van der Waals surface area contributed by atoms with Gasteiger partial charge in [-0.3, -0.25) is 9.69 Å². The van der Waals surface area contributed by atoms with E-state index in [0.29, 0.717) is 52.0 Å². The molecule has 0 aliphatic carbocycles. The highest BCUT2D eigenvalue weighted by Crippen LogP contribution is 2.34. The molecular formula is C28H38N2O5. The molecule has 4 rings (SSSR count). The molecule has 2 aromatic rings. The normalized spacial score (nSPS) is 19.4. The lowest BCUT2D eigenvalue weighted by molar-refractivity contribution is -0.132. The Morgan fingerprint density at radius 2 is 2.00 bits per heavy atom. The van der Waals surface area contributed by atoms with Crippen molar-refractivity contribution in [1.82, 2.24) is 9.80 Å². The molecule has 0 unspecified atom stereocenters. The summed E-state index contributed by atoms with van der Waals surface area (Å²) in [5.74, 6) is 2.57. The highest BCUT2D eigenvalue weighted by Gasteiger charge is 2.29. The van der Waals surface area contributed by atoms with E-state index in [2.05, 4.69) is 11.0 Å². The van der Waals surface area contributed by atoms with Gasteiger partial charge in [0.15, 0.2) is 11.5 Å². The number of para-hydroxylation sites is 1. The zero-order chi connectivity index (χ0) is 24.6. The number of ether oxygens (including phenoxy) is 4. The van der Waals surface area contributed by atoms with Gasteiger partial charge in [-0.1, -0.05) is 24.3 Å². The zero-order valence-corrected chi connectivity index (χ0v) is 21.3. The molecule has 0 N–H and O–H groups in total. The van der Waals surface area contributed by atoms with E-state index in [-0.39, 0.29) is 5.91 Å². The van der Waals surface area contributed by atoms with E-state index in [1.165, 1.54) is 0 Å². The summed E-state index contributed by atoms with van der Waals surface area (Å²) in [6.07, 6.45) is 2.58. The summed E-state index contributed by atoms with van der Waals surface area (Å²) in [6, 6.07) is 12.4. The Morgan fingerprint density at radius 1 is 1.11 bits per heavy atom. The molecule has 7 nitrogen and oxygen atoms in total. The Labute approximate surface area is 208 Å². The highest BCUT2D eigenvalue weighted by molar-refractivity contribution is 5.79. The van der Waals surface area contributed by atoms with Crippen molar-refractivity contribution in [1.29, 1.82) is 0 Å². The van der Waals surface area contributed by atoms with Gasteiger partial charge in [0.25, 0.3) is 0 Å². The third-order valence-corrected chi connectivity index (χ3v) is 6.81. The van der Waals surface area contributed by atoms with Gasteiger partial charge >= 0.3 is 0 Å². The van der Waals surface area contributed by atoms with Gasteiger partial charge in [0.05, 0.1) is 33.4 Å².